The maximum atomic E-state index is 12.3. The van der Waals surface area contributed by atoms with Crippen LogP contribution in [0.25, 0.3) is 0 Å². The van der Waals surface area contributed by atoms with E-state index in [1.807, 2.05) is 78.9 Å². The van der Waals surface area contributed by atoms with Crippen LogP contribution in [0.1, 0.15) is 27.0 Å². The molecule has 0 fully saturated rings. The number of benzene rings is 3. The number of rotatable bonds is 6. The first kappa shape index (κ1) is 16.4. The molecule has 4 heteroatoms. The van der Waals surface area contributed by atoms with Crippen LogP contribution in [0.15, 0.2) is 78.9 Å². The smallest absolute Gasteiger partial charge is 0.278 e. The first-order valence-corrected chi connectivity index (χ1v) is 8.58. The van der Waals surface area contributed by atoms with E-state index in [2.05, 4.69) is 0 Å². The van der Waals surface area contributed by atoms with Gasteiger partial charge in [-0.25, -0.2) is 5.06 Å². The van der Waals surface area contributed by atoms with Gasteiger partial charge in [-0.3, -0.25) is 9.63 Å². The molecule has 1 amide bonds. The monoisotopic (exact) mass is 345 g/mol. The van der Waals surface area contributed by atoms with Crippen molar-refractivity contribution in [2.45, 2.75) is 19.8 Å². The topological polar surface area (TPSA) is 38.8 Å². The summed E-state index contributed by atoms with van der Waals surface area (Å²) >= 11 is 0. The van der Waals surface area contributed by atoms with Crippen LogP contribution in [0, 0.1) is 0 Å². The number of hydrogen-bond acceptors (Lipinski definition) is 3. The maximum absolute atomic E-state index is 12.3. The highest BCUT2D eigenvalue weighted by molar-refractivity contribution is 5.97. The minimum atomic E-state index is -0.0860. The molecule has 1 aliphatic heterocycles. The van der Waals surface area contributed by atoms with Gasteiger partial charge in [-0.2, -0.15) is 0 Å². The number of carbonyl (C=O) groups excluding carboxylic acids is 1. The standard InChI is InChI=1S/C22H19NO3/c24-22-21-12-5-4-10-19(21)14-23(22)26-16-18-9-6-11-20(13-18)25-15-17-7-2-1-3-8-17/h1-13H,14-16H2. The maximum Gasteiger partial charge on any atom is 0.278 e. The fraction of sp³-hybridized carbons (Fsp3) is 0.136. The van der Waals surface area contributed by atoms with Gasteiger partial charge in [-0.1, -0.05) is 60.7 Å². The number of fused-ring (bicyclic) bond motifs is 1. The summed E-state index contributed by atoms with van der Waals surface area (Å²) in [5, 5.41) is 1.42. The first-order valence-electron chi connectivity index (χ1n) is 8.58. The van der Waals surface area contributed by atoms with Gasteiger partial charge in [0.05, 0.1) is 6.54 Å². The van der Waals surface area contributed by atoms with Gasteiger partial charge >= 0.3 is 0 Å². The van der Waals surface area contributed by atoms with E-state index >= 15 is 0 Å². The second kappa shape index (κ2) is 7.42. The zero-order valence-electron chi connectivity index (χ0n) is 14.3. The minimum Gasteiger partial charge on any atom is -0.489 e. The van der Waals surface area contributed by atoms with E-state index in [-0.39, 0.29) is 5.91 Å². The average molecular weight is 345 g/mol. The van der Waals surface area contributed by atoms with Gasteiger partial charge in [0.2, 0.25) is 0 Å². The molecule has 3 aromatic rings. The van der Waals surface area contributed by atoms with Crippen molar-refractivity contribution in [2.75, 3.05) is 0 Å². The molecule has 130 valence electrons. The SMILES string of the molecule is O=C1c2ccccc2CN1OCc1cccc(OCc2ccccc2)c1. The van der Waals surface area contributed by atoms with E-state index in [1.54, 1.807) is 0 Å². The fourth-order valence-corrected chi connectivity index (χ4v) is 2.95. The second-order valence-corrected chi connectivity index (χ2v) is 6.19. The molecule has 26 heavy (non-hydrogen) atoms. The molecule has 0 spiro atoms. The number of hydrogen-bond donors (Lipinski definition) is 0. The largest absolute Gasteiger partial charge is 0.489 e. The Morgan fingerprint density at radius 2 is 1.58 bits per heavy atom. The first-order chi connectivity index (χ1) is 12.8. The van der Waals surface area contributed by atoms with Crippen molar-refractivity contribution in [1.29, 1.82) is 0 Å². The lowest BCUT2D eigenvalue weighted by molar-refractivity contribution is -0.135. The Morgan fingerprint density at radius 1 is 0.808 bits per heavy atom. The Balaban J connectivity index is 1.35. The van der Waals surface area contributed by atoms with Gasteiger partial charge in [0.15, 0.2) is 0 Å². The molecule has 3 aromatic carbocycles. The number of carbonyl (C=O) groups is 1. The zero-order valence-corrected chi connectivity index (χ0v) is 14.3. The lowest BCUT2D eigenvalue weighted by Gasteiger charge is -2.15. The minimum absolute atomic E-state index is 0.0860. The molecule has 1 aliphatic rings. The van der Waals surface area contributed by atoms with E-state index in [1.165, 1.54) is 5.06 Å². The summed E-state index contributed by atoms with van der Waals surface area (Å²) < 4.78 is 5.84. The van der Waals surface area contributed by atoms with Crippen molar-refractivity contribution in [1.82, 2.24) is 5.06 Å². The van der Waals surface area contributed by atoms with Crippen molar-refractivity contribution in [2.24, 2.45) is 0 Å². The van der Waals surface area contributed by atoms with Gasteiger partial charge in [-0.15, -0.1) is 0 Å². The summed E-state index contributed by atoms with van der Waals surface area (Å²) in [7, 11) is 0. The third kappa shape index (κ3) is 3.60. The van der Waals surface area contributed by atoms with Gasteiger partial charge in [0, 0.05) is 5.56 Å². The highest BCUT2D eigenvalue weighted by Gasteiger charge is 2.27. The van der Waals surface area contributed by atoms with Crippen molar-refractivity contribution in [3.63, 3.8) is 0 Å². The molecule has 1 heterocycles. The van der Waals surface area contributed by atoms with Crippen molar-refractivity contribution >= 4 is 5.91 Å². The van der Waals surface area contributed by atoms with E-state index in [0.29, 0.717) is 25.3 Å². The molecule has 0 N–H and O–H groups in total. The molecular weight excluding hydrogens is 326 g/mol. The number of amides is 1. The molecule has 0 aliphatic carbocycles. The summed E-state index contributed by atoms with van der Waals surface area (Å²) in [4.78, 5) is 18.1. The molecule has 0 saturated heterocycles. The van der Waals surface area contributed by atoms with Crippen LogP contribution in [0.2, 0.25) is 0 Å². The summed E-state index contributed by atoms with van der Waals surface area (Å²) in [6.07, 6.45) is 0. The third-order valence-corrected chi connectivity index (χ3v) is 4.32. The lowest BCUT2D eigenvalue weighted by atomic mass is 10.1. The van der Waals surface area contributed by atoms with Crippen LogP contribution >= 0.6 is 0 Å². The van der Waals surface area contributed by atoms with E-state index in [4.69, 9.17) is 9.57 Å². The number of nitrogens with zero attached hydrogens (tertiary/aromatic N) is 1. The molecule has 0 saturated carbocycles. The molecular formula is C22H19NO3. The van der Waals surface area contributed by atoms with Crippen molar-refractivity contribution in [3.05, 3.63) is 101 Å². The highest BCUT2D eigenvalue weighted by Crippen LogP contribution is 2.23. The van der Waals surface area contributed by atoms with Crippen LogP contribution in [-0.2, 0) is 24.6 Å². The number of ether oxygens (including phenoxy) is 1. The predicted molar refractivity (Wildman–Crippen MR) is 98.3 cm³/mol. The zero-order chi connectivity index (χ0) is 17.8. The predicted octanol–water partition coefficient (Wildman–Crippen LogP) is 4.35. The van der Waals surface area contributed by atoms with E-state index in [9.17, 15) is 4.79 Å². The summed E-state index contributed by atoms with van der Waals surface area (Å²) in [6, 6.07) is 25.4. The normalized spacial score (nSPS) is 12.9. The fourth-order valence-electron chi connectivity index (χ4n) is 2.95. The molecule has 4 nitrogen and oxygen atoms in total. The van der Waals surface area contributed by atoms with E-state index < -0.39 is 0 Å². The van der Waals surface area contributed by atoms with Crippen LogP contribution in [0.5, 0.6) is 5.75 Å². The summed E-state index contributed by atoms with van der Waals surface area (Å²) in [5.41, 5.74) is 3.79. The van der Waals surface area contributed by atoms with Crippen LogP contribution < -0.4 is 4.74 Å². The van der Waals surface area contributed by atoms with Gasteiger partial charge in [0.25, 0.3) is 5.91 Å². The molecule has 0 aromatic heterocycles. The lowest BCUT2D eigenvalue weighted by Crippen LogP contribution is -2.24. The second-order valence-electron chi connectivity index (χ2n) is 6.19. The van der Waals surface area contributed by atoms with E-state index in [0.717, 1.165) is 22.4 Å². The van der Waals surface area contributed by atoms with Gasteiger partial charge in [0.1, 0.15) is 19.0 Å². The van der Waals surface area contributed by atoms with Crippen molar-refractivity contribution < 1.29 is 14.4 Å². The molecule has 0 radical (unpaired) electrons. The van der Waals surface area contributed by atoms with Gasteiger partial charge < -0.3 is 4.74 Å². The molecule has 0 bridgehead atoms. The Bertz CT molecular complexity index is 908. The Kier molecular flexibility index (Phi) is 4.67. The highest BCUT2D eigenvalue weighted by atomic mass is 16.7. The van der Waals surface area contributed by atoms with Gasteiger partial charge in [-0.05, 0) is 34.9 Å². The Morgan fingerprint density at radius 3 is 2.42 bits per heavy atom. The van der Waals surface area contributed by atoms with Crippen LogP contribution in [0.4, 0.5) is 0 Å². The summed E-state index contributed by atoms with van der Waals surface area (Å²) in [5.74, 6) is 0.697. The number of hydroxylamine groups is 2. The quantitative estimate of drug-likeness (QED) is 0.666. The van der Waals surface area contributed by atoms with Crippen LogP contribution in [-0.4, -0.2) is 11.0 Å². The molecule has 4 rings (SSSR count). The Labute approximate surface area is 152 Å². The molecule has 0 unspecified atom stereocenters. The third-order valence-electron chi connectivity index (χ3n) is 4.32. The molecule has 0 atom stereocenters. The van der Waals surface area contributed by atoms with Crippen LogP contribution in [0.3, 0.4) is 0 Å². The average Bonchev–Trinajstić information content (AvgIpc) is 3.02. The van der Waals surface area contributed by atoms with Crippen molar-refractivity contribution in [3.8, 4) is 5.75 Å². The summed E-state index contributed by atoms with van der Waals surface area (Å²) in [6.45, 7) is 1.33. The Hall–Kier alpha value is -3.11.